The predicted molar refractivity (Wildman–Crippen MR) is 79.2 cm³/mol. The van der Waals surface area contributed by atoms with Gasteiger partial charge in [0.05, 0.1) is 18.7 Å². The Morgan fingerprint density at radius 2 is 1.65 bits per heavy atom. The van der Waals surface area contributed by atoms with Crippen molar-refractivity contribution in [3.63, 3.8) is 0 Å². The van der Waals surface area contributed by atoms with Crippen molar-refractivity contribution in [3.8, 4) is 0 Å². The number of morpholine rings is 1. The number of likely N-dealkylation sites (tertiary alicyclic amines) is 1. The molecule has 0 N–H and O–H groups in total. The highest BCUT2D eigenvalue weighted by atomic mass is 19.4. The first kappa shape index (κ1) is 19.0. The zero-order valence-corrected chi connectivity index (χ0v) is 13.5. The van der Waals surface area contributed by atoms with Gasteiger partial charge in [0.2, 0.25) is 0 Å². The van der Waals surface area contributed by atoms with E-state index in [-0.39, 0.29) is 38.2 Å². The molecule has 0 bridgehead atoms. The second-order valence-corrected chi connectivity index (χ2v) is 6.56. The van der Waals surface area contributed by atoms with Crippen LogP contribution < -0.4 is 4.90 Å². The topological polar surface area (TPSA) is 32.8 Å². The molecule has 10 heteroatoms. The number of piperidine rings is 1. The molecule has 144 valence electrons. The first-order valence-corrected chi connectivity index (χ1v) is 7.94. The molecule has 1 aromatic carbocycles. The van der Waals surface area contributed by atoms with Gasteiger partial charge >= 0.3 is 18.2 Å². The summed E-state index contributed by atoms with van der Waals surface area (Å²) in [6.45, 7) is -1.52. The largest absolute Gasteiger partial charge is 0.437 e. The van der Waals surface area contributed by atoms with Gasteiger partial charge in [-0.25, -0.2) is 4.39 Å². The normalized spacial score (nSPS) is 23.5. The summed E-state index contributed by atoms with van der Waals surface area (Å²) in [7, 11) is 0. The highest BCUT2D eigenvalue weighted by molar-refractivity contribution is 5.98. The van der Waals surface area contributed by atoms with Gasteiger partial charge in [-0.3, -0.25) is 9.69 Å². The smallest absolute Gasteiger partial charge is 0.304 e. The van der Waals surface area contributed by atoms with E-state index in [1.165, 1.54) is 12.1 Å². The maximum Gasteiger partial charge on any atom is 0.437 e. The Morgan fingerprint density at radius 3 is 2.19 bits per heavy atom. The zero-order chi connectivity index (χ0) is 19.2. The molecule has 2 heterocycles. The van der Waals surface area contributed by atoms with Gasteiger partial charge < -0.3 is 9.64 Å². The van der Waals surface area contributed by atoms with Gasteiger partial charge in [0.25, 0.3) is 0 Å². The van der Waals surface area contributed by atoms with E-state index < -0.39 is 36.2 Å². The van der Waals surface area contributed by atoms with E-state index in [1.54, 1.807) is 0 Å². The van der Waals surface area contributed by atoms with E-state index in [1.807, 2.05) is 0 Å². The van der Waals surface area contributed by atoms with Gasteiger partial charge in [-0.05, 0) is 37.1 Å². The van der Waals surface area contributed by atoms with Crippen LogP contribution in [-0.4, -0.2) is 54.9 Å². The van der Waals surface area contributed by atoms with Gasteiger partial charge in [-0.1, -0.05) is 0 Å². The highest BCUT2D eigenvalue weighted by Gasteiger charge is 2.57. The van der Waals surface area contributed by atoms with Crippen molar-refractivity contribution in [2.75, 3.05) is 31.1 Å². The fraction of sp³-hybridized carbons (Fsp3) is 0.562. The quantitative estimate of drug-likeness (QED) is 0.737. The summed E-state index contributed by atoms with van der Waals surface area (Å²) in [5.74, 6) is -2.16. The molecule has 3 rings (SSSR count). The molecule has 1 amide bonds. The second-order valence-electron chi connectivity index (χ2n) is 6.56. The number of alkyl halides is 5. The molecular weight excluding hydrogens is 366 g/mol. The third-order valence-corrected chi connectivity index (χ3v) is 4.59. The second kappa shape index (κ2) is 6.41. The molecule has 0 atom stereocenters. The highest BCUT2D eigenvalue weighted by Crippen LogP contribution is 2.40. The lowest BCUT2D eigenvalue weighted by atomic mass is 9.88. The van der Waals surface area contributed by atoms with Gasteiger partial charge in [-0.15, -0.1) is 0 Å². The maximum absolute atomic E-state index is 14.1. The molecule has 0 saturated carbocycles. The monoisotopic (exact) mass is 382 g/mol. The number of carbonyl (C=O) groups excluding carboxylic acids is 1. The van der Waals surface area contributed by atoms with Crippen LogP contribution in [0.25, 0.3) is 0 Å². The van der Waals surface area contributed by atoms with Crippen LogP contribution in [0.4, 0.5) is 32.0 Å². The van der Waals surface area contributed by atoms with Crippen LogP contribution >= 0.6 is 0 Å². The molecule has 1 aromatic rings. The molecule has 1 spiro atoms. The number of halogens is 6. The summed E-state index contributed by atoms with van der Waals surface area (Å²) >= 11 is 0. The molecule has 2 aliphatic heterocycles. The van der Waals surface area contributed by atoms with E-state index >= 15 is 0 Å². The Morgan fingerprint density at radius 1 is 1.08 bits per heavy atom. The van der Waals surface area contributed by atoms with Crippen LogP contribution in [0.1, 0.15) is 12.8 Å². The van der Waals surface area contributed by atoms with E-state index in [0.29, 0.717) is 0 Å². The zero-order valence-electron chi connectivity index (χ0n) is 13.5. The minimum absolute atomic E-state index is 0.0797. The van der Waals surface area contributed by atoms with Crippen molar-refractivity contribution < 1.29 is 35.9 Å². The van der Waals surface area contributed by atoms with Crippen LogP contribution in [0, 0.1) is 5.82 Å². The maximum atomic E-state index is 14.1. The fourth-order valence-electron chi connectivity index (χ4n) is 3.33. The Bertz CT molecular complexity index is 668. The summed E-state index contributed by atoms with van der Waals surface area (Å²) < 4.78 is 83.5. The predicted octanol–water partition coefficient (Wildman–Crippen LogP) is 3.18. The number of anilines is 1. The van der Waals surface area contributed by atoms with Gasteiger partial charge in [0.1, 0.15) is 5.82 Å². The molecule has 0 aromatic heterocycles. The summed E-state index contributed by atoms with van der Waals surface area (Å²) in [4.78, 5) is 13.9. The molecular formula is C16H16F6N2O2. The number of hydrogen-bond donors (Lipinski definition) is 0. The number of carbonyl (C=O) groups is 1. The number of benzene rings is 1. The molecule has 0 unspecified atom stereocenters. The van der Waals surface area contributed by atoms with Gasteiger partial charge in [-0.2, -0.15) is 22.0 Å². The third kappa shape index (κ3) is 3.96. The molecule has 0 radical (unpaired) electrons. The van der Waals surface area contributed by atoms with E-state index in [2.05, 4.69) is 0 Å². The summed E-state index contributed by atoms with van der Waals surface area (Å²) in [6.07, 6.45) is -8.63. The number of hydrogen-bond acceptors (Lipinski definition) is 3. The SMILES string of the molecule is O=C1N(c2ccc(F)cc2)CC2(CCN(CC(F)(F)F)CC2)OC1(F)F. The average Bonchev–Trinajstić information content (AvgIpc) is 2.53. The standard InChI is InChI=1S/C16H16F6N2O2/c17-11-1-3-12(4-2-11)24-9-14(26-16(21,22)13(24)25)5-7-23(8-6-14)10-15(18,19)20/h1-4H,5-10H2. The Hall–Kier alpha value is -1.81. The Labute approximate surface area is 145 Å². The Balaban J connectivity index is 1.79. The first-order chi connectivity index (χ1) is 12.0. The summed E-state index contributed by atoms with van der Waals surface area (Å²) in [6, 6.07) is 4.46. The van der Waals surface area contributed by atoms with Crippen LogP contribution in [0.3, 0.4) is 0 Å². The number of nitrogens with zero attached hydrogens (tertiary/aromatic N) is 2. The van der Waals surface area contributed by atoms with E-state index in [0.717, 1.165) is 21.9 Å². The Kier molecular flexibility index (Phi) is 4.68. The summed E-state index contributed by atoms with van der Waals surface area (Å²) in [5, 5.41) is 0. The van der Waals surface area contributed by atoms with Gasteiger partial charge in [0.15, 0.2) is 0 Å². The van der Waals surface area contributed by atoms with Crippen molar-refractivity contribution in [1.82, 2.24) is 4.90 Å². The fourth-order valence-corrected chi connectivity index (χ4v) is 3.33. The first-order valence-electron chi connectivity index (χ1n) is 7.94. The lowest BCUT2D eigenvalue weighted by molar-refractivity contribution is -0.294. The molecule has 0 aliphatic carbocycles. The van der Waals surface area contributed by atoms with Crippen molar-refractivity contribution in [1.29, 1.82) is 0 Å². The molecule has 2 fully saturated rings. The van der Waals surface area contributed by atoms with Crippen molar-refractivity contribution in [2.45, 2.75) is 30.7 Å². The molecule has 26 heavy (non-hydrogen) atoms. The van der Waals surface area contributed by atoms with Crippen molar-refractivity contribution in [2.24, 2.45) is 0 Å². The van der Waals surface area contributed by atoms with E-state index in [9.17, 15) is 31.1 Å². The van der Waals surface area contributed by atoms with Crippen LogP contribution in [0.2, 0.25) is 0 Å². The van der Waals surface area contributed by atoms with Crippen molar-refractivity contribution >= 4 is 11.6 Å². The van der Waals surface area contributed by atoms with Crippen LogP contribution in [0.5, 0.6) is 0 Å². The minimum atomic E-state index is -4.38. The lowest BCUT2D eigenvalue weighted by Gasteiger charge is -2.48. The summed E-state index contributed by atoms with van der Waals surface area (Å²) in [5.41, 5.74) is -1.37. The average molecular weight is 382 g/mol. The molecule has 4 nitrogen and oxygen atoms in total. The molecule has 2 saturated heterocycles. The number of ether oxygens (including phenoxy) is 1. The van der Waals surface area contributed by atoms with Crippen LogP contribution in [0.15, 0.2) is 24.3 Å². The van der Waals surface area contributed by atoms with Crippen molar-refractivity contribution in [3.05, 3.63) is 30.1 Å². The minimum Gasteiger partial charge on any atom is -0.304 e. The number of amides is 1. The van der Waals surface area contributed by atoms with Crippen LogP contribution in [-0.2, 0) is 9.53 Å². The third-order valence-electron chi connectivity index (χ3n) is 4.59. The molecule has 2 aliphatic rings. The van der Waals surface area contributed by atoms with Gasteiger partial charge in [0, 0.05) is 18.8 Å². The lowest BCUT2D eigenvalue weighted by Crippen LogP contribution is -2.65. The number of rotatable bonds is 2. The van der Waals surface area contributed by atoms with E-state index in [4.69, 9.17) is 4.74 Å².